The molecule has 0 unspecified atom stereocenters. The second-order valence-electron chi connectivity index (χ2n) is 3.85. The number of aliphatic hydroxyl groups excluding tert-OH is 6. The van der Waals surface area contributed by atoms with Crippen molar-refractivity contribution in [3.63, 3.8) is 0 Å². The Morgan fingerprint density at radius 2 is 0.722 bits per heavy atom. The average molecular weight is 258 g/mol. The van der Waals surface area contributed by atoms with Crippen molar-refractivity contribution in [2.75, 3.05) is 0 Å². The predicted octanol–water partition coefficient (Wildman–Crippen LogP) is -2.80. The summed E-state index contributed by atoms with van der Waals surface area (Å²) in [5.74, 6) is 4.85. The van der Waals surface area contributed by atoms with Crippen LogP contribution >= 0.6 is 0 Å². The highest BCUT2D eigenvalue weighted by Gasteiger charge is 2.47. The van der Waals surface area contributed by atoms with Gasteiger partial charge < -0.3 is 30.6 Å². The smallest absolute Gasteiger partial charge is 0.111 e. The van der Waals surface area contributed by atoms with Crippen molar-refractivity contribution in [2.24, 2.45) is 0 Å². The minimum atomic E-state index is -1.64. The molecule has 0 radical (unpaired) electrons. The standard InChI is InChI=1S/C6H12O6.C6H6/c7-1-2(8)4(10)6(12)5(11)3(1)9;1-3-5-6-4-2/h1-12H;1-2H,5-6H2. The second kappa shape index (κ2) is 8.06. The van der Waals surface area contributed by atoms with Gasteiger partial charge in [-0.05, 0) is 0 Å². The molecule has 1 aliphatic rings. The van der Waals surface area contributed by atoms with E-state index in [2.05, 4.69) is 11.8 Å². The van der Waals surface area contributed by atoms with Gasteiger partial charge >= 0.3 is 0 Å². The van der Waals surface area contributed by atoms with Crippen LogP contribution in [-0.2, 0) is 0 Å². The van der Waals surface area contributed by atoms with Gasteiger partial charge in [0.25, 0.3) is 0 Å². The van der Waals surface area contributed by atoms with Crippen LogP contribution in [0.5, 0.6) is 0 Å². The lowest BCUT2D eigenvalue weighted by atomic mass is 9.85. The van der Waals surface area contributed by atoms with Crippen LogP contribution in [-0.4, -0.2) is 67.3 Å². The summed E-state index contributed by atoms with van der Waals surface area (Å²) >= 11 is 0. The van der Waals surface area contributed by atoms with E-state index in [-0.39, 0.29) is 0 Å². The van der Waals surface area contributed by atoms with E-state index in [0.29, 0.717) is 12.8 Å². The van der Waals surface area contributed by atoms with Gasteiger partial charge in [-0.2, -0.15) is 0 Å². The van der Waals surface area contributed by atoms with Crippen LogP contribution in [0.4, 0.5) is 0 Å². The van der Waals surface area contributed by atoms with Gasteiger partial charge in [0.2, 0.25) is 0 Å². The first-order chi connectivity index (χ1) is 8.38. The number of hydrogen-bond donors (Lipinski definition) is 6. The fourth-order valence-corrected chi connectivity index (χ4v) is 1.36. The number of hydrogen-bond acceptors (Lipinski definition) is 6. The SMILES string of the molecule is C#CCCC#C.OC1C(O)C(O)C(O)C(O)C1O. The molecule has 0 aliphatic heterocycles. The van der Waals surface area contributed by atoms with Crippen molar-refractivity contribution in [1.29, 1.82) is 0 Å². The molecule has 0 aromatic heterocycles. The quantitative estimate of drug-likeness (QED) is 0.223. The van der Waals surface area contributed by atoms with Gasteiger partial charge in [0.05, 0.1) is 0 Å². The Hall–Kier alpha value is -1.12. The van der Waals surface area contributed by atoms with Gasteiger partial charge in [-0.25, -0.2) is 0 Å². The van der Waals surface area contributed by atoms with Crippen molar-refractivity contribution < 1.29 is 30.6 Å². The van der Waals surface area contributed by atoms with Crippen LogP contribution in [0.2, 0.25) is 0 Å². The largest absolute Gasteiger partial charge is 0.387 e. The number of terminal acetylenes is 2. The Bertz CT molecular complexity index is 245. The molecule has 6 nitrogen and oxygen atoms in total. The summed E-state index contributed by atoms with van der Waals surface area (Å²) in [7, 11) is 0. The summed E-state index contributed by atoms with van der Waals surface area (Å²) in [5, 5.41) is 53.8. The zero-order chi connectivity index (χ0) is 14.3. The fourth-order valence-electron chi connectivity index (χ4n) is 1.36. The van der Waals surface area contributed by atoms with Gasteiger partial charge in [-0.3, -0.25) is 0 Å². The summed E-state index contributed by atoms with van der Waals surface area (Å²) in [6.45, 7) is 0. The molecular weight excluding hydrogens is 240 g/mol. The summed E-state index contributed by atoms with van der Waals surface area (Å²) < 4.78 is 0. The Morgan fingerprint density at radius 3 is 0.833 bits per heavy atom. The molecular formula is C12H18O6. The Morgan fingerprint density at radius 1 is 0.556 bits per heavy atom. The van der Waals surface area contributed by atoms with Crippen LogP contribution in [0.1, 0.15) is 12.8 Å². The van der Waals surface area contributed by atoms with Gasteiger partial charge in [0.15, 0.2) is 0 Å². The van der Waals surface area contributed by atoms with Crippen LogP contribution in [0.25, 0.3) is 0 Å². The molecule has 18 heavy (non-hydrogen) atoms. The third kappa shape index (κ3) is 4.28. The number of aliphatic hydroxyl groups is 6. The van der Waals surface area contributed by atoms with Crippen LogP contribution < -0.4 is 0 Å². The fraction of sp³-hybridized carbons (Fsp3) is 0.667. The van der Waals surface area contributed by atoms with Crippen molar-refractivity contribution in [3.05, 3.63) is 0 Å². The van der Waals surface area contributed by atoms with E-state index in [4.69, 9.17) is 43.5 Å². The molecule has 0 atom stereocenters. The average Bonchev–Trinajstić information content (AvgIpc) is 2.39. The molecule has 0 aromatic rings. The first kappa shape index (κ1) is 16.9. The lowest BCUT2D eigenvalue weighted by Gasteiger charge is -2.39. The maximum absolute atomic E-state index is 8.97. The molecule has 1 rings (SSSR count). The second-order valence-corrected chi connectivity index (χ2v) is 3.85. The number of rotatable bonds is 1. The van der Waals surface area contributed by atoms with E-state index in [1.807, 2.05) is 0 Å². The topological polar surface area (TPSA) is 121 Å². The Labute approximate surface area is 106 Å². The highest BCUT2D eigenvalue weighted by molar-refractivity contribution is 4.98. The van der Waals surface area contributed by atoms with Crippen LogP contribution in [0.15, 0.2) is 0 Å². The molecule has 1 saturated carbocycles. The minimum absolute atomic E-state index is 0.705. The molecule has 1 aliphatic carbocycles. The zero-order valence-corrected chi connectivity index (χ0v) is 9.72. The van der Waals surface area contributed by atoms with Crippen molar-refractivity contribution >= 4 is 0 Å². The Balaban J connectivity index is 0.000000411. The molecule has 1 fully saturated rings. The molecule has 0 aromatic carbocycles. The van der Waals surface area contributed by atoms with Crippen LogP contribution in [0, 0.1) is 24.7 Å². The van der Waals surface area contributed by atoms with Gasteiger partial charge in [-0.15, -0.1) is 24.7 Å². The van der Waals surface area contributed by atoms with Crippen molar-refractivity contribution in [1.82, 2.24) is 0 Å². The monoisotopic (exact) mass is 258 g/mol. The summed E-state index contributed by atoms with van der Waals surface area (Å²) in [5.41, 5.74) is 0. The van der Waals surface area contributed by atoms with E-state index in [9.17, 15) is 0 Å². The molecule has 0 heterocycles. The highest BCUT2D eigenvalue weighted by atomic mass is 16.4. The Kier molecular flexibility index (Phi) is 7.56. The maximum atomic E-state index is 8.97. The normalized spacial score (nSPS) is 38.9. The predicted molar refractivity (Wildman–Crippen MR) is 62.9 cm³/mol. The van der Waals surface area contributed by atoms with E-state index >= 15 is 0 Å². The minimum Gasteiger partial charge on any atom is -0.387 e. The summed E-state index contributed by atoms with van der Waals surface area (Å²) in [6, 6.07) is 0. The molecule has 0 bridgehead atoms. The first-order valence-electron chi connectivity index (χ1n) is 5.33. The highest BCUT2D eigenvalue weighted by Crippen LogP contribution is 2.20. The van der Waals surface area contributed by atoms with Crippen LogP contribution in [0.3, 0.4) is 0 Å². The zero-order valence-electron chi connectivity index (χ0n) is 9.72. The van der Waals surface area contributed by atoms with E-state index in [1.165, 1.54) is 0 Å². The third-order valence-electron chi connectivity index (χ3n) is 2.51. The van der Waals surface area contributed by atoms with E-state index < -0.39 is 36.6 Å². The lowest BCUT2D eigenvalue weighted by molar-refractivity contribution is -0.223. The van der Waals surface area contributed by atoms with E-state index in [0.717, 1.165) is 0 Å². The molecule has 6 heteroatoms. The van der Waals surface area contributed by atoms with Crippen molar-refractivity contribution in [2.45, 2.75) is 49.5 Å². The third-order valence-corrected chi connectivity index (χ3v) is 2.51. The van der Waals surface area contributed by atoms with E-state index in [1.54, 1.807) is 0 Å². The van der Waals surface area contributed by atoms with Gasteiger partial charge in [-0.1, -0.05) is 0 Å². The lowest BCUT2D eigenvalue weighted by Crippen LogP contribution is -2.63. The first-order valence-corrected chi connectivity index (χ1v) is 5.33. The maximum Gasteiger partial charge on any atom is 0.111 e. The van der Waals surface area contributed by atoms with Crippen molar-refractivity contribution in [3.8, 4) is 24.7 Å². The van der Waals surface area contributed by atoms with Gasteiger partial charge in [0.1, 0.15) is 36.6 Å². The number of unbranched alkanes of at least 4 members (excludes halogenated alkanes) is 1. The molecule has 6 N–H and O–H groups in total. The molecule has 0 saturated heterocycles. The molecule has 0 amide bonds. The molecule has 0 spiro atoms. The van der Waals surface area contributed by atoms with Gasteiger partial charge in [0, 0.05) is 12.8 Å². The summed E-state index contributed by atoms with van der Waals surface area (Å²) in [4.78, 5) is 0. The molecule has 102 valence electrons. The summed E-state index contributed by atoms with van der Waals surface area (Å²) in [6.07, 6.45) is 1.31.